The number of aromatic nitrogens is 4. The zero-order valence-corrected chi connectivity index (χ0v) is 37.5. The summed E-state index contributed by atoms with van der Waals surface area (Å²) in [4.78, 5) is 5.47. The number of benzene rings is 10. The average Bonchev–Trinajstić information content (AvgIpc) is 4.06. The molecule has 0 fully saturated rings. The Morgan fingerprint density at radius 3 is 1.01 bits per heavy atom. The van der Waals surface area contributed by atoms with Crippen LogP contribution in [0.25, 0.3) is 127 Å². The number of pyridine rings is 1. The molecule has 0 N–H and O–H groups in total. The van der Waals surface area contributed by atoms with Crippen molar-refractivity contribution in [1.82, 2.24) is 18.7 Å². The predicted octanol–water partition coefficient (Wildman–Crippen LogP) is 17.0. The molecule has 0 unspecified atom stereocenters. The van der Waals surface area contributed by atoms with E-state index in [-0.39, 0.29) is 0 Å². The highest BCUT2D eigenvalue weighted by atomic mass is 15.1. The molecule has 0 saturated carbocycles. The van der Waals surface area contributed by atoms with Crippen molar-refractivity contribution in [2.24, 2.45) is 0 Å². The fraction of sp³-hybridized carbons (Fsp3) is 0. The SMILES string of the molecule is c1ccc(-c2cc(-c3ccccc3)nc(-n3c4ccc(-c5ccc6c(c5)c5ccccc5n6-c5ccccc5)cc4c4cc(-c5ccc6c(c5)c5ccccc5n6-c5ccccc5)ccc43)c2)cc1. The Labute approximate surface area is 398 Å². The Bertz CT molecular complexity index is 4000. The van der Waals surface area contributed by atoms with Gasteiger partial charge in [-0.1, -0.05) is 158 Å². The van der Waals surface area contributed by atoms with Crippen LogP contribution in [0.15, 0.2) is 255 Å². The van der Waals surface area contributed by atoms with Crippen LogP contribution in [0, 0.1) is 0 Å². The standard InChI is InChI=1S/C65H42N4/c1-5-17-43(18-6-1)49-41-58(44-19-7-2-8-20-44)66-65(42-49)69-63-35-31-47(45-29-33-61-54(37-45)52-25-13-15-27-59(52)67(61)50-21-9-3-10-22-50)39-56(63)57-40-48(32-36-64(57)69)46-30-34-62-55(38-46)53-26-14-16-28-60(53)68(62)51-23-11-4-12-24-51/h1-42H. The normalized spacial score (nSPS) is 11.8. The minimum Gasteiger partial charge on any atom is -0.309 e. The molecule has 322 valence electrons. The summed E-state index contributed by atoms with van der Waals surface area (Å²) in [5.74, 6) is 0.876. The van der Waals surface area contributed by atoms with Gasteiger partial charge in [-0.05, 0) is 130 Å². The maximum atomic E-state index is 5.47. The molecular weight excluding hydrogens is 837 g/mol. The monoisotopic (exact) mass is 878 g/mol. The molecule has 0 spiro atoms. The Balaban J connectivity index is 0.996. The predicted molar refractivity (Wildman–Crippen MR) is 289 cm³/mol. The molecule has 0 radical (unpaired) electrons. The van der Waals surface area contributed by atoms with E-state index in [1.807, 2.05) is 0 Å². The van der Waals surface area contributed by atoms with Crippen molar-refractivity contribution < 1.29 is 0 Å². The molecule has 0 amide bonds. The second-order valence-electron chi connectivity index (χ2n) is 18.0. The minimum absolute atomic E-state index is 0.876. The summed E-state index contributed by atoms with van der Waals surface area (Å²) in [5.41, 5.74) is 18.2. The van der Waals surface area contributed by atoms with Gasteiger partial charge in [-0.25, -0.2) is 4.98 Å². The van der Waals surface area contributed by atoms with Crippen molar-refractivity contribution >= 4 is 65.4 Å². The van der Waals surface area contributed by atoms with Gasteiger partial charge in [-0.15, -0.1) is 0 Å². The smallest absolute Gasteiger partial charge is 0.138 e. The van der Waals surface area contributed by atoms with Crippen molar-refractivity contribution in [1.29, 1.82) is 0 Å². The molecule has 4 heterocycles. The van der Waals surface area contributed by atoms with Crippen LogP contribution in [-0.4, -0.2) is 18.7 Å². The number of hydrogen-bond acceptors (Lipinski definition) is 1. The van der Waals surface area contributed by atoms with Crippen molar-refractivity contribution in [3.63, 3.8) is 0 Å². The van der Waals surface area contributed by atoms with Crippen LogP contribution < -0.4 is 0 Å². The molecule has 0 atom stereocenters. The molecule has 4 heteroatoms. The molecule has 4 nitrogen and oxygen atoms in total. The Morgan fingerprint density at radius 2 is 0.565 bits per heavy atom. The number of para-hydroxylation sites is 4. The fourth-order valence-corrected chi connectivity index (χ4v) is 10.8. The lowest BCUT2D eigenvalue weighted by Gasteiger charge is -2.13. The van der Waals surface area contributed by atoms with Crippen molar-refractivity contribution in [2.75, 3.05) is 0 Å². The van der Waals surface area contributed by atoms with E-state index in [2.05, 4.69) is 268 Å². The molecule has 69 heavy (non-hydrogen) atoms. The highest BCUT2D eigenvalue weighted by Gasteiger charge is 2.20. The van der Waals surface area contributed by atoms with E-state index in [1.165, 1.54) is 65.5 Å². The van der Waals surface area contributed by atoms with Gasteiger partial charge in [0.1, 0.15) is 5.82 Å². The largest absolute Gasteiger partial charge is 0.309 e. The Morgan fingerprint density at radius 1 is 0.217 bits per heavy atom. The molecule has 0 bridgehead atoms. The van der Waals surface area contributed by atoms with Gasteiger partial charge in [-0.3, -0.25) is 4.57 Å². The van der Waals surface area contributed by atoms with Crippen LogP contribution in [0.3, 0.4) is 0 Å². The van der Waals surface area contributed by atoms with Gasteiger partial charge in [0.25, 0.3) is 0 Å². The van der Waals surface area contributed by atoms with Gasteiger partial charge in [0.05, 0.1) is 38.8 Å². The first-order chi connectivity index (χ1) is 34.2. The highest BCUT2D eigenvalue weighted by Crippen LogP contribution is 2.42. The molecule has 14 aromatic rings. The summed E-state index contributed by atoms with van der Waals surface area (Å²) < 4.78 is 7.12. The number of nitrogens with zero attached hydrogens (tertiary/aromatic N) is 4. The molecule has 14 rings (SSSR count). The maximum Gasteiger partial charge on any atom is 0.138 e. The Kier molecular flexibility index (Phi) is 8.86. The lowest BCUT2D eigenvalue weighted by molar-refractivity contribution is 1.08. The summed E-state index contributed by atoms with van der Waals surface area (Å²) in [7, 11) is 0. The second-order valence-corrected chi connectivity index (χ2v) is 18.0. The third-order valence-corrected chi connectivity index (χ3v) is 14.0. The van der Waals surface area contributed by atoms with E-state index in [9.17, 15) is 0 Å². The van der Waals surface area contributed by atoms with E-state index in [4.69, 9.17) is 4.98 Å². The van der Waals surface area contributed by atoms with Crippen LogP contribution in [0.5, 0.6) is 0 Å². The van der Waals surface area contributed by atoms with Gasteiger partial charge in [0.2, 0.25) is 0 Å². The Hall–Kier alpha value is -9.25. The first-order valence-corrected chi connectivity index (χ1v) is 23.6. The van der Waals surface area contributed by atoms with E-state index < -0.39 is 0 Å². The van der Waals surface area contributed by atoms with Crippen molar-refractivity contribution in [3.05, 3.63) is 255 Å². The van der Waals surface area contributed by atoms with E-state index >= 15 is 0 Å². The average molecular weight is 879 g/mol. The zero-order valence-electron chi connectivity index (χ0n) is 37.5. The quantitative estimate of drug-likeness (QED) is 0.157. The third-order valence-electron chi connectivity index (χ3n) is 14.0. The third kappa shape index (κ3) is 6.34. The topological polar surface area (TPSA) is 27.7 Å². The summed E-state index contributed by atoms with van der Waals surface area (Å²) in [6, 6.07) is 92.3. The lowest BCUT2D eigenvalue weighted by atomic mass is 9.98. The molecule has 0 aliphatic rings. The summed E-state index contributed by atoms with van der Waals surface area (Å²) >= 11 is 0. The second kappa shape index (κ2) is 15.7. The first-order valence-electron chi connectivity index (χ1n) is 23.6. The molecular formula is C65H42N4. The van der Waals surface area contributed by atoms with Crippen LogP contribution in [0.4, 0.5) is 0 Å². The van der Waals surface area contributed by atoms with Crippen LogP contribution in [0.2, 0.25) is 0 Å². The maximum absolute atomic E-state index is 5.47. The van der Waals surface area contributed by atoms with Crippen molar-refractivity contribution in [2.45, 2.75) is 0 Å². The first kappa shape index (κ1) is 39.0. The van der Waals surface area contributed by atoms with E-state index in [0.29, 0.717) is 0 Å². The van der Waals surface area contributed by atoms with Gasteiger partial charge < -0.3 is 9.13 Å². The highest BCUT2D eigenvalue weighted by molar-refractivity contribution is 6.14. The van der Waals surface area contributed by atoms with Gasteiger partial charge >= 0.3 is 0 Å². The molecule has 0 aliphatic carbocycles. The number of rotatable bonds is 7. The summed E-state index contributed by atoms with van der Waals surface area (Å²) in [5, 5.41) is 7.29. The van der Waals surface area contributed by atoms with E-state index in [0.717, 1.165) is 61.7 Å². The minimum atomic E-state index is 0.876. The molecule has 0 saturated heterocycles. The van der Waals surface area contributed by atoms with Gasteiger partial charge in [0, 0.05) is 49.3 Å². The van der Waals surface area contributed by atoms with Crippen LogP contribution in [-0.2, 0) is 0 Å². The lowest BCUT2D eigenvalue weighted by Crippen LogP contribution is -2.00. The fourth-order valence-electron chi connectivity index (χ4n) is 10.8. The van der Waals surface area contributed by atoms with E-state index in [1.54, 1.807) is 0 Å². The number of hydrogen-bond donors (Lipinski definition) is 0. The van der Waals surface area contributed by atoms with Crippen molar-refractivity contribution in [3.8, 4) is 61.8 Å². The molecule has 0 aliphatic heterocycles. The number of fused-ring (bicyclic) bond motifs is 9. The zero-order chi connectivity index (χ0) is 45.4. The van der Waals surface area contributed by atoms with Crippen LogP contribution in [0.1, 0.15) is 0 Å². The summed E-state index contributed by atoms with van der Waals surface area (Å²) in [6.07, 6.45) is 0. The molecule has 4 aromatic heterocycles. The van der Waals surface area contributed by atoms with Gasteiger partial charge in [0.15, 0.2) is 0 Å². The van der Waals surface area contributed by atoms with Crippen LogP contribution >= 0.6 is 0 Å². The summed E-state index contributed by atoms with van der Waals surface area (Å²) in [6.45, 7) is 0. The molecule has 10 aromatic carbocycles. The van der Waals surface area contributed by atoms with Gasteiger partial charge in [-0.2, -0.15) is 0 Å².